The summed E-state index contributed by atoms with van der Waals surface area (Å²) >= 11 is 0. The van der Waals surface area contributed by atoms with Gasteiger partial charge in [0.15, 0.2) is 0 Å². The van der Waals surface area contributed by atoms with E-state index in [-0.39, 0.29) is 11.9 Å². The summed E-state index contributed by atoms with van der Waals surface area (Å²) in [5.74, 6) is -0.270. The molecule has 6 heteroatoms. The average Bonchev–Trinajstić information content (AvgIpc) is 2.39. The van der Waals surface area contributed by atoms with Crippen molar-refractivity contribution in [1.29, 1.82) is 0 Å². The fourth-order valence-corrected chi connectivity index (χ4v) is 3.46. The molecule has 0 saturated carbocycles. The number of nitrogens with one attached hydrogen (secondary N) is 3. The van der Waals surface area contributed by atoms with E-state index < -0.39 is 6.03 Å². The fourth-order valence-electron chi connectivity index (χ4n) is 3.46. The predicted molar refractivity (Wildman–Crippen MR) is 77.4 cm³/mol. The van der Waals surface area contributed by atoms with Crippen molar-refractivity contribution in [3.05, 3.63) is 0 Å². The zero-order valence-electron chi connectivity index (χ0n) is 12.6. The Morgan fingerprint density at radius 3 is 2.35 bits per heavy atom. The van der Waals surface area contributed by atoms with Gasteiger partial charge in [0.2, 0.25) is 5.91 Å². The molecule has 3 unspecified atom stereocenters. The van der Waals surface area contributed by atoms with Gasteiger partial charge in [-0.2, -0.15) is 0 Å². The minimum Gasteiger partial charge on any atom is -0.341 e. The minimum absolute atomic E-state index is 0.270. The van der Waals surface area contributed by atoms with E-state index in [1.165, 1.54) is 26.3 Å². The Kier molecular flexibility index (Phi) is 4.99. The van der Waals surface area contributed by atoms with Crippen LogP contribution in [0.1, 0.15) is 39.0 Å². The molecule has 2 aliphatic rings. The Hall–Kier alpha value is -1.14. The molecule has 0 spiro atoms. The molecule has 2 bridgehead atoms. The van der Waals surface area contributed by atoms with Gasteiger partial charge in [-0.25, -0.2) is 4.79 Å². The van der Waals surface area contributed by atoms with Gasteiger partial charge in [-0.05, 0) is 39.7 Å². The fraction of sp³-hybridized carbons (Fsp3) is 0.857. The first-order valence-corrected chi connectivity index (χ1v) is 7.51. The molecule has 2 fully saturated rings. The highest BCUT2D eigenvalue weighted by molar-refractivity contribution is 5.96. The molecule has 0 radical (unpaired) electrons. The summed E-state index contributed by atoms with van der Waals surface area (Å²) in [6.07, 6.45) is 6.00. The number of urea groups is 1. The zero-order chi connectivity index (χ0) is 14.7. The quantitative estimate of drug-likeness (QED) is 0.702. The van der Waals surface area contributed by atoms with E-state index in [1.807, 2.05) is 6.92 Å². The van der Waals surface area contributed by atoms with Crippen LogP contribution in [0.3, 0.4) is 0 Å². The van der Waals surface area contributed by atoms with Crippen LogP contribution in [-0.2, 0) is 4.79 Å². The molecule has 3 N–H and O–H groups in total. The molecule has 2 aliphatic heterocycles. The van der Waals surface area contributed by atoms with Gasteiger partial charge in [0, 0.05) is 25.2 Å². The third-order valence-corrected chi connectivity index (χ3v) is 4.68. The van der Waals surface area contributed by atoms with Crippen molar-refractivity contribution >= 4 is 11.9 Å². The number of piperidine rings is 2. The summed E-state index contributed by atoms with van der Waals surface area (Å²) in [5.41, 5.74) is 0. The van der Waals surface area contributed by atoms with Crippen LogP contribution in [0.2, 0.25) is 0 Å². The SMILES string of the molecule is CNC(=O)NC(=O)C(C)NC1CC2CCCC(C1)N2C. The smallest absolute Gasteiger partial charge is 0.321 e. The molecule has 114 valence electrons. The van der Waals surface area contributed by atoms with Gasteiger partial charge in [-0.1, -0.05) is 6.42 Å². The maximum absolute atomic E-state index is 11.9. The Morgan fingerprint density at radius 1 is 1.20 bits per heavy atom. The number of carbonyl (C=O) groups excluding carboxylic acids is 2. The molecule has 0 aromatic carbocycles. The second-order valence-corrected chi connectivity index (χ2v) is 6.03. The van der Waals surface area contributed by atoms with E-state index in [0.29, 0.717) is 18.1 Å². The Labute approximate surface area is 120 Å². The molecule has 0 aromatic rings. The molecule has 2 heterocycles. The highest BCUT2D eigenvalue weighted by Crippen LogP contribution is 2.32. The van der Waals surface area contributed by atoms with Gasteiger partial charge in [0.1, 0.15) is 0 Å². The molecule has 2 rings (SSSR count). The third-order valence-electron chi connectivity index (χ3n) is 4.68. The number of hydrogen-bond donors (Lipinski definition) is 3. The van der Waals surface area contributed by atoms with Crippen molar-refractivity contribution in [2.75, 3.05) is 14.1 Å². The molecule has 20 heavy (non-hydrogen) atoms. The summed E-state index contributed by atoms with van der Waals surface area (Å²) in [7, 11) is 3.71. The number of imide groups is 1. The van der Waals surface area contributed by atoms with E-state index >= 15 is 0 Å². The lowest BCUT2D eigenvalue weighted by Gasteiger charge is -2.47. The average molecular weight is 282 g/mol. The number of fused-ring (bicyclic) bond motifs is 2. The molecule has 3 amide bonds. The van der Waals surface area contributed by atoms with Crippen LogP contribution in [0.15, 0.2) is 0 Å². The van der Waals surface area contributed by atoms with E-state index in [2.05, 4.69) is 27.9 Å². The lowest BCUT2D eigenvalue weighted by atomic mass is 9.82. The minimum atomic E-state index is -0.455. The molecule has 6 nitrogen and oxygen atoms in total. The highest BCUT2D eigenvalue weighted by atomic mass is 16.2. The molecule has 0 aliphatic carbocycles. The first-order chi connectivity index (χ1) is 9.51. The zero-order valence-corrected chi connectivity index (χ0v) is 12.6. The number of amides is 3. The van der Waals surface area contributed by atoms with Crippen molar-refractivity contribution in [1.82, 2.24) is 20.9 Å². The molecular formula is C14H26N4O2. The van der Waals surface area contributed by atoms with Gasteiger partial charge in [0.25, 0.3) is 0 Å². The number of hydrogen-bond acceptors (Lipinski definition) is 4. The van der Waals surface area contributed by atoms with Gasteiger partial charge in [-0.3, -0.25) is 10.1 Å². The Morgan fingerprint density at radius 2 is 1.80 bits per heavy atom. The Bertz CT molecular complexity index is 360. The van der Waals surface area contributed by atoms with Crippen LogP contribution in [0.5, 0.6) is 0 Å². The van der Waals surface area contributed by atoms with Crippen LogP contribution in [0.25, 0.3) is 0 Å². The van der Waals surface area contributed by atoms with Gasteiger partial charge in [-0.15, -0.1) is 0 Å². The maximum atomic E-state index is 11.9. The number of carbonyl (C=O) groups is 2. The molecular weight excluding hydrogens is 256 g/mol. The normalized spacial score (nSPS) is 31.4. The summed E-state index contributed by atoms with van der Waals surface area (Å²) in [6.45, 7) is 1.81. The van der Waals surface area contributed by atoms with Crippen molar-refractivity contribution in [2.24, 2.45) is 0 Å². The standard InChI is InChI=1S/C14H26N4O2/c1-9(13(19)17-14(20)15-2)16-10-7-11-5-4-6-12(8-10)18(11)3/h9-12,16H,4-8H2,1-3H3,(H2,15,17,19,20). The first-order valence-electron chi connectivity index (χ1n) is 7.51. The van der Waals surface area contributed by atoms with Crippen LogP contribution >= 0.6 is 0 Å². The van der Waals surface area contributed by atoms with Gasteiger partial charge < -0.3 is 15.5 Å². The molecule has 2 saturated heterocycles. The van der Waals surface area contributed by atoms with Crippen LogP contribution in [0.4, 0.5) is 4.79 Å². The summed E-state index contributed by atoms with van der Waals surface area (Å²) < 4.78 is 0. The van der Waals surface area contributed by atoms with Crippen LogP contribution in [-0.4, -0.2) is 55.1 Å². The monoisotopic (exact) mass is 282 g/mol. The van der Waals surface area contributed by atoms with Gasteiger partial charge in [0.05, 0.1) is 6.04 Å². The van der Waals surface area contributed by atoms with E-state index in [1.54, 1.807) is 0 Å². The molecule has 0 aromatic heterocycles. The largest absolute Gasteiger partial charge is 0.341 e. The second-order valence-electron chi connectivity index (χ2n) is 6.03. The first kappa shape index (κ1) is 15.3. The number of nitrogens with zero attached hydrogens (tertiary/aromatic N) is 1. The Balaban J connectivity index is 1.84. The van der Waals surface area contributed by atoms with Crippen molar-refractivity contribution < 1.29 is 9.59 Å². The summed E-state index contributed by atoms with van der Waals surface area (Å²) in [5, 5.41) is 8.08. The lowest BCUT2D eigenvalue weighted by molar-refractivity contribution is -0.122. The lowest BCUT2D eigenvalue weighted by Crippen LogP contribution is -2.57. The molecule has 3 atom stereocenters. The van der Waals surface area contributed by atoms with E-state index in [0.717, 1.165) is 12.8 Å². The topological polar surface area (TPSA) is 73.5 Å². The summed E-state index contributed by atoms with van der Waals surface area (Å²) in [6, 6.07) is 0.834. The van der Waals surface area contributed by atoms with Crippen molar-refractivity contribution in [3.8, 4) is 0 Å². The third kappa shape index (κ3) is 3.49. The van der Waals surface area contributed by atoms with Crippen molar-refractivity contribution in [3.63, 3.8) is 0 Å². The van der Waals surface area contributed by atoms with Crippen LogP contribution in [0, 0.1) is 0 Å². The highest BCUT2D eigenvalue weighted by Gasteiger charge is 2.36. The van der Waals surface area contributed by atoms with E-state index in [9.17, 15) is 9.59 Å². The van der Waals surface area contributed by atoms with E-state index in [4.69, 9.17) is 0 Å². The van der Waals surface area contributed by atoms with Crippen LogP contribution < -0.4 is 16.0 Å². The second kappa shape index (κ2) is 6.54. The summed E-state index contributed by atoms with van der Waals surface area (Å²) in [4.78, 5) is 25.5. The predicted octanol–water partition coefficient (Wildman–Crippen LogP) is 0.435. The number of rotatable bonds is 3. The van der Waals surface area contributed by atoms with Crippen molar-refractivity contribution in [2.45, 2.75) is 63.2 Å². The van der Waals surface area contributed by atoms with Gasteiger partial charge >= 0.3 is 6.03 Å². The maximum Gasteiger partial charge on any atom is 0.321 e.